The Hall–Kier alpha value is -3.69. The molecule has 0 unspecified atom stereocenters. The average molecular weight is 481 g/mol. The summed E-state index contributed by atoms with van der Waals surface area (Å²) in [5.41, 5.74) is 0.733. The van der Waals surface area contributed by atoms with Gasteiger partial charge in [-0.2, -0.15) is 0 Å². The molecule has 4 aromatic rings. The molecule has 4 rings (SSSR count). The van der Waals surface area contributed by atoms with E-state index in [1.54, 1.807) is 31.2 Å². The summed E-state index contributed by atoms with van der Waals surface area (Å²) in [4.78, 5) is 24.7. The van der Waals surface area contributed by atoms with Gasteiger partial charge >= 0.3 is 5.97 Å². The van der Waals surface area contributed by atoms with Gasteiger partial charge in [0.15, 0.2) is 0 Å². The molecule has 33 heavy (non-hydrogen) atoms. The van der Waals surface area contributed by atoms with Crippen molar-refractivity contribution in [3.8, 4) is 0 Å². The number of sulfonamides is 1. The number of nitrogens with one attached hydrogen (secondary N) is 2. The monoisotopic (exact) mass is 480 g/mol. The number of fused-ring (bicyclic) bond motifs is 1. The number of carbonyl (C=O) groups excluding carboxylic acids is 2. The van der Waals surface area contributed by atoms with Crippen molar-refractivity contribution in [2.24, 2.45) is 0 Å². The summed E-state index contributed by atoms with van der Waals surface area (Å²) in [5.74, 6) is -0.866. The van der Waals surface area contributed by atoms with Gasteiger partial charge in [-0.15, -0.1) is 11.3 Å². The molecular formula is C24H20N2O5S2. The van der Waals surface area contributed by atoms with Crippen LogP contribution in [-0.2, 0) is 14.8 Å². The van der Waals surface area contributed by atoms with E-state index < -0.39 is 21.9 Å². The van der Waals surface area contributed by atoms with Gasteiger partial charge in [-0.05, 0) is 66.2 Å². The van der Waals surface area contributed by atoms with Crippen molar-refractivity contribution in [3.63, 3.8) is 0 Å². The van der Waals surface area contributed by atoms with Gasteiger partial charge in [-0.25, -0.2) is 13.2 Å². The number of ether oxygens (including phenoxy) is 1. The number of thiophene rings is 1. The molecule has 2 N–H and O–H groups in total. The van der Waals surface area contributed by atoms with Crippen LogP contribution >= 0.6 is 11.3 Å². The van der Waals surface area contributed by atoms with Gasteiger partial charge in [0.05, 0.1) is 16.5 Å². The lowest BCUT2D eigenvalue weighted by Crippen LogP contribution is -2.14. The lowest BCUT2D eigenvalue weighted by atomic mass is 10.1. The summed E-state index contributed by atoms with van der Waals surface area (Å²) in [6, 6.07) is 21.8. The molecule has 0 radical (unpaired) electrons. The highest BCUT2D eigenvalue weighted by molar-refractivity contribution is 7.92. The highest BCUT2D eigenvalue weighted by atomic mass is 32.2. The molecule has 1 heterocycles. The first-order valence-electron chi connectivity index (χ1n) is 10.1. The van der Waals surface area contributed by atoms with Crippen molar-refractivity contribution in [3.05, 3.63) is 89.3 Å². The standard InChI is InChI=1S/C24H20N2O5S2/c1-2-31-24(28)21-13-14-22(32-21)25-23(27)17-8-11-20(12-9-17)33(29,30)26-19-10-7-16-5-3-4-6-18(16)15-19/h3-15,26H,2H2,1H3,(H,25,27). The third-order valence-corrected chi connectivity index (χ3v) is 7.13. The summed E-state index contributed by atoms with van der Waals surface area (Å²) in [5, 5.41) is 5.11. The van der Waals surface area contributed by atoms with Gasteiger partial charge in [0.2, 0.25) is 0 Å². The van der Waals surface area contributed by atoms with Crippen molar-refractivity contribution < 1.29 is 22.7 Å². The lowest BCUT2D eigenvalue weighted by molar-refractivity contribution is 0.0532. The fourth-order valence-electron chi connectivity index (χ4n) is 3.15. The fraction of sp³-hybridized carbons (Fsp3) is 0.0833. The Bertz CT molecular complexity index is 1430. The van der Waals surface area contributed by atoms with Gasteiger partial charge in [0.1, 0.15) is 4.88 Å². The van der Waals surface area contributed by atoms with E-state index in [4.69, 9.17) is 4.74 Å². The highest BCUT2D eigenvalue weighted by Crippen LogP contribution is 2.24. The van der Waals surface area contributed by atoms with E-state index in [0.29, 0.717) is 15.6 Å². The minimum absolute atomic E-state index is 0.0351. The van der Waals surface area contributed by atoms with Crippen LogP contribution in [0.25, 0.3) is 10.8 Å². The predicted octanol–water partition coefficient (Wildman–Crippen LogP) is 5.13. The molecule has 0 saturated carbocycles. The molecule has 0 saturated heterocycles. The van der Waals surface area contributed by atoms with Crippen LogP contribution in [0, 0.1) is 0 Å². The van der Waals surface area contributed by atoms with Crippen LogP contribution in [0.3, 0.4) is 0 Å². The number of rotatable bonds is 7. The Morgan fingerprint density at radius 3 is 2.36 bits per heavy atom. The molecule has 1 aromatic heterocycles. The van der Waals surface area contributed by atoms with Crippen LogP contribution in [0.2, 0.25) is 0 Å². The summed E-state index contributed by atoms with van der Waals surface area (Å²) in [6.45, 7) is 1.98. The zero-order valence-electron chi connectivity index (χ0n) is 17.6. The second-order valence-electron chi connectivity index (χ2n) is 7.03. The van der Waals surface area contributed by atoms with Gasteiger partial charge in [0.25, 0.3) is 15.9 Å². The molecule has 9 heteroatoms. The van der Waals surface area contributed by atoms with Crippen LogP contribution in [-0.4, -0.2) is 26.9 Å². The van der Waals surface area contributed by atoms with Gasteiger partial charge in [-0.1, -0.05) is 30.3 Å². The van der Waals surface area contributed by atoms with E-state index in [2.05, 4.69) is 10.0 Å². The summed E-state index contributed by atoms with van der Waals surface area (Å²) < 4.78 is 33.1. The zero-order valence-corrected chi connectivity index (χ0v) is 19.2. The first-order valence-corrected chi connectivity index (χ1v) is 12.4. The molecule has 0 bridgehead atoms. The Balaban J connectivity index is 1.45. The molecule has 0 aliphatic heterocycles. The van der Waals surface area contributed by atoms with Crippen molar-refractivity contribution in [1.29, 1.82) is 0 Å². The van der Waals surface area contributed by atoms with Crippen molar-refractivity contribution in [2.45, 2.75) is 11.8 Å². The SMILES string of the molecule is CCOC(=O)c1ccc(NC(=O)c2ccc(S(=O)(=O)Nc3ccc4ccccc4c3)cc2)s1. The number of hydrogen-bond acceptors (Lipinski definition) is 6. The molecule has 0 atom stereocenters. The minimum Gasteiger partial charge on any atom is -0.462 e. The Kier molecular flexibility index (Phi) is 6.43. The largest absolute Gasteiger partial charge is 0.462 e. The maximum absolute atomic E-state index is 12.8. The average Bonchev–Trinajstić information content (AvgIpc) is 3.27. The van der Waals surface area contributed by atoms with E-state index in [9.17, 15) is 18.0 Å². The maximum Gasteiger partial charge on any atom is 0.348 e. The molecule has 0 aliphatic carbocycles. The van der Waals surface area contributed by atoms with Crippen LogP contribution < -0.4 is 10.0 Å². The maximum atomic E-state index is 12.8. The van der Waals surface area contributed by atoms with Crippen LogP contribution in [0.1, 0.15) is 27.0 Å². The van der Waals surface area contributed by atoms with Crippen molar-refractivity contribution in [1.82, 2.24) is 0 Å². The molecule has 3 aromatic carbocycles. The summed E-state index contributed by atoms with van der Waals surface area (Å²) in [6.07, 6.45) is 0. The molecule has 0 aliphatic rings. The Morgan fingerprint density at radius 1 is 0.909 bits per heavy atom. The van der Waals surface area contributed by atoms with Crippen LogP contribution in [0.15, 0.2) is 83.8 Å². The number of benzene rings is 3. The van der Waals surface area contributed by atoms with Crippen molar-refractivity contribution >= 4 is 54.7 Å². The number of carbonyl (C=O) groups is 2. The lowest BCUT2D eigenvalue weighted by Gasteiger charge is -2.10. The summed E-state index contributed by atoms with van der Waals surface area (Å²) in [7, 11) is -3.83. The van der Waals surface area contributed by atoms with Gasteiger partial charge in [-0.3, -0.25) is 9.52 Å². The first kappa shape index (κ1) is 22.5. The second-order valence-corrected chi connectivity index (χ2v) is 9.80. The minimum atomic E-state index is -3.83. The first-order chi connectivity index (χ1) is 15.9. The third-order valence-electron chi connectivity index (χ3n) is 4.75. The van der Waals surface area contributed by atoms with E-state index in [0.717, 1.165) is 22.1 Å². The van der Waals surface area contributed by atoms with Crippen molar-refractivity contribution in [2.75, 3.05) is 16.6 Å². The van der Waals surface area contributed by atoms with Crippen LogP contribution in [0.4, 0.5) is 10.7 Å². The zero-order chi connectivity index (χ0) is 23.4. The molecule has 1 amide bonds. The number of anilines is 2. The Morgan fingerprint density at radius 2 is 1.64 bits per heavy atom. The Labute approximate surface area is 195 Å². The van der Waals surface area contributed by atoms with E-state index in [1.165, 1.54) is 24.3 Å². The number of esters is 1. The van der Waals surface area contributed by atoms with E-state index >= 15 is 0 Å². The van der Waals surface area contributed by atoms with E-state index in [-0.39, 0.29) is 17.1 Å². The highest BCUT2D eigenvalue weighted by Gasteiger charge is 2.17. The molecular weight excluding hydrogens is 460 g/mol. The van der Waals surface area contributed by atoms with Gasteiger partial charge in [0, 0.05) is 11.3 Å². The van der Waals surface area contributed by atoms with E-state index in [1.807, 2.05) is 30.3 Å². The summed E-state index contributed by atoms with van der Waals surface area (Å²) >= 11 is 1.10. The fourth-order valence-corrected chi connectivity index (χ4v) is 5.00. The predicted molar refractivity (Wildman–Crippen MR) is 129 cm³/mol. The molecule has 7 nitrogen and oxygen atoms in total. The molecule has 0 fully saturated rings. The normalized spacial score (nSPS) is 11.2. The number of amides is 1. The number of hydrogen-bond donors (Lipinski definition) is 2. The smallest absolute Gasteiger partial charge is 0.348 e. The quantitative estimate of drug-likeness (QED) is 0.357. The third kappa shape index (κ3) is 5.21. The molecule has 168 valence electrons. The van der Waals surface area contributed by atoms with Gasteiger partial charge < -0.3 is 10.1 Å². The molecule has 0 spiro atoms. The second kappa shape index (κ2) is 9.43. The van der Waals surface area contributed by atoms with Crippen LogP contribution in [0.5, 0.6) is 0 Å². The topological polar surface area (TPSA) is 102 Å².